The molecule has 0 aromatic heterocycles. The lowest BCUT2D eigenvalue weighted by molar-refractivity contribution is -0.142. The number of hydrogen-bond donors (Lipinski definition) is 1. The average molecular weight is 339 g/mol. The molecule has 2 rings (SSSR count). The summed E-state index contributed by atoms with van der Waals surface area (Å²) >= 11 is 0. The Hall–Kier alpha value is -2.62. The smallest absolute Gasteiger partial charge is 0.330 e. The Morgan fingerprint density at radius 2 is 1.68 bits per heavy atom. The first-order chi connectivity index (χ1) is 11.8. The van der Waals surface area contributed by atoms with Crippen LogP contribution in [0.15, 0.2) is 59.6 Å². The predicted octanol–water partition coefficient (Wildman–Crippen LogP) is 4.01. The molecule has 4 nitrogen and oxygen atoms in total. The van der Waals surface area contributed by atoms with Crippen molar-refractivity contribution < 1.29 is 14.6 Å². The van der Waals surface area contributed by atoms with Crippen LogP contribution in [0.4, 0.5) is 0 Å². The molecule has 4 heteroatoms. The van der Waals surface area contributed by atoms with Gasteiger partial charge in [-0.05, 0) is 23.3 Å². The van der Waals surface area contributed by atoms with Crippen molar-refractivity contribution in [2.75, 3.05) is 7.11 Å². The summed E-state index contributed by atoms with van der Waals surface area (Å²) in [5, 5.41) is 9.43. The highest BCUT2D eigenvalue weighted by atomic mass is 16.5. The normalized spacial score (nSPS) is 13.4. The van der Waals surface area contributed by atoms with E-state index >= 15 is 0 Å². The number of carbonyl (C=O) groups is 1. The maximum absolute atomic E-state index is 12.3. The molecular formula is C21H25NO3. The number of aliphatic imine (C=N–C) groups is 1. The van der Waals surface area contributed by atoms with E-state index < -0.39 is 6.04 Å². The van der Waals surface area contributed by atoms with E-state index in [1.165, 1.54) is 7.11 Å². The fourth-order valence-corrected chi connectivity index (χ4v) is 2.63. The number of phenolic OH excluding ortho intramolecular Hbond substituents is 1. The number of phenols is 1. The summed E-state index contributed by atoms with van der Waals surface area (Å²) in [6.45, 7) is 6.23. The Morgan fingerprint density at radius 3 is 2.20 bits per heavy atom. The largest absolute Gasteiger partial charge is 0.508 e. The summed E-state index contributed by atoms with van der Waals surface area (Å²) in [5.74, 6) is -0.174. The Bertz CT molecular complexity index is 728. The van der Waals surface area contributed by atoms with Crippen LogP contribution < -0.4 is 0 Å². The molecule has 0 bridgehead atoms. The minimum absolute atomic E-state index is 0.196. The van der Waals surface area contributed by atoms with Crippen LogP contribution in [-0.4, -0.2) is 29.9 Å². The van der Waals surface area contributed by atoms with Crippen LogP contribution in [0.2, 0.25) is 0 Å². The van der Waals surface area contributed by atoms with Crippen molar-refractivity contribution in [3.05, 3.63) is 65.7 Å². The number of nitrogens with zero attached hydrogens (tertiary/aromatic N) is 1. The van der Waals surface area contributed by atoms with Gasteiger partial charge in [-0.15, -0.1) is 0 Å². The first-order valence-corrected chi connectivity index (χ1v) is 8.30. The second-order valence-corrected chi connectivity index (χ2v) is 7.00. The van der Waals surface area contributed by atoms with E-state index in [-0.39, 0.29) is 17.1 Å². The van der Waals surface area contributed by atoms with E-state index in [1.54, 1.807) is 24.3 Å². The number of methoxy groups -OCH3 is 1. The summed E-state index contributed by atoms with van der Waals surface area (Å²) < 4.78 is 4.96. The maximum atomic E-state index is 12.3. The van der Waals surface area contributed by atoms with Gasteiger partial charge in [-0.1, -0.05) is 63.2 Å². The van der Waals surface area contributed by atoms with Crippen LogP contribution in [0.1, 0.15) is 31.9 Å². The molecule has 0 amide bonds. The van der Waals surface area contributed by atoms with Crippen LogP contribution in [0.25, 0.3) is 0 Å². The molecule has 0 aliphatic carbocycles. The summed E-state index contributed by atoms with van der Waals surface area (Å²) in [7, 11) is 1.38. The van der Waals surface area contributed by atoms with Crippen molar-refractivity contribution in [3.8, 4) is 5.75 Å². The minimum Gasteiger partial charge on any atom is -0.508 e. The van der Waals surface area contributed by atoms with Gasteiger partial charge >= 0.3 is 5.97 Å². The number of esters is 1. The second-order valence-electron chi connectivity index (χ2n) is 7.00. The van der Waals surface area contributed by atoms with Gasteiger partial charge in [0.1, 0.15) is 5.75 Å². The Morgan fingerprint density at radius 1 is 1.08 bits per heavy atom. The van der Waals surface area contributed by atoms with E-state index in [2.05, 4.69) is 20.8 Å². The maximum Gasteiger partial charge on any atom is 0.330 e. The molecule has 25 heavy (non-hydrogen) atoms. The van der Waals surface area contributed by atoms with E-state index in [4.69, 9.17) is 9.73 Å². The number of aromatic hydroxyl groups is 1. The molecular weight excluding hydrogens is 314 g/mol. The quantitative estimate of drug-likeness (QED) is 0.661. The molecule has 0 unspecified atom stereocenters. The van der Waals surface area contributed by atoms with Crippen LogP contribution >= 0.6 is 0 Å². The van der Waals surface area contributed by atoms with Gasteiger partial charge in [0.15, 0.2) is 6.04 Å². The highest BCUT2D eigenvalue weighted by molar-refractivity contribution is 6.05. The van der Waals surface area contributed by atoms with Gasteiger partial charge in [-0.25, -0.2) is 4.79 Å². The third kappa shape index (κ3) is 5.18. The molecule has 0 fully saturated rings. The summed E-state index contributed by atoms with van der Waals surface area (Å²) in [4.78, 5) is 17.1. The molecule has 1 N–H and O–H groups in total. The monoisotopic (exact) mass is 339 g/mol. The van der Waals surface area contributed by atoms with Crippen LogP contribution in [-0.2, 0) is 16.0 Å². The molecule has 0 aliphatic heterocycles. The van der Waals surface area contributed by atoms with Crippen molar-refractivity contribution >= 4 is 11.7 Å². The van der Waals surface area contributed by atoms with Crippen molar-refractivity contribution in [2.24, 2.45) is 10.4 Å². The first-order valence-electron chi connectivity index (χ1n) is 8.30. The molecule has 1 atom stereocenters. The number of benzene rings is 2. The molecule has 132 valence electrons. The zero-order chi connectivity index (χ0) is 18.4. The SMILES string of the molecule is COC(=O)[C@H](Cc1ccc(O)cc1)N=C(c1ccccc1)C(C)(C)C. The Kier molecular flexibility index (Phi) is 5.97. The fourth-order valence-electron chi connectivity index (χ4n) is 2.63. The third-order valence-corrected chi connectivity index (χ3v) is 3.88. The van der Waals surface area contributed by atoms with Crippen LogP contribution in [0, 0.1) is 5.41 Å². The Labute approximate surface area is 149 Å². The molecule has 0 saturated heterocycles. The molecule has 0 radical (unpaired) electrons. The van der Waals surface area contributed by atoms with Crippen molar-refractivity contribution in [2.45, 2.75) is 33.2 Å². The molecule has 0 aliphatic rings. The van der Waals surface area contributed by atoms with Gasteiger partial charge in [0.2, 0.25) is 0 Å². The van der Waals surface area contributed by atoms with Gasteiger partial charge in [-0.2, -0.15) is 0 Å². The molecule has 0 heterocycles. The summed E-state index contributed by atoms with van der Waals surface area (Å²) in [6, 6.07) is 16.0. The van der Waals surface area contributed by atoms with Crippen LogP contribution in [0.5, 0.6) is 5.75 Å². The predicted molar refractivity (Wildman–Crippen MR) is 100 cm³/mol. The molecule has 0 spiro atoms. The Balaban J connectivity index is 2.42. The van der Waals surface area contributed by atoms with Gasteiger partial charge < -0.3 is 9.84 Å². The lowest BCUT2D eigenvalue weighted by atomic mass is 9.85. The number of rotatable bonds is 5. The lowest BCUT2D eigenvalue weighted by Gasteiger charge is -2.24. The summed E-state index contributed by atoms with van der Waals surface area (Å²) in [5.41, 5.74) is 2.55. The van der Waals surface area contributed by atoms with Gasteiger partial charge in [0, 0.05) is 17.5 Å². The van der Waals surface area contributed by atoms with Gasteiger partial charge in [0.25, 0.3) is 0 Å². The average Bonchev–Trinajstić information content (AvgIpc) is 2.59. The van der Waals surface area contributed by atoms with Gasteiger partial charge in [-0.3, -0.25) is 4.99 Å². The fraction of sp³-hybridized carbons (Fsp3) is 0.333. The van der Waals surface area contributed by atoms with E-state index in [0.29, 0.717) is 6.42 Å². The highest BCUT2D eigenvalue weighted by Gasteiger charge is 2.26. The van der Waals surface area contributed by atoms with Gasteiger partial charge in [0.05, 0.1) is 7.11 Å². The molecule has 2 aromatic carbocycles. The zero-order valence-electron chi connectivity index (χ0n) is 15.2. The van der Waals surface area contributed by atoms with Crippen LogP contribution in [0.3, 0.4) is 0 Å². The van der Waals surface area contributed by atoms with Crippen molar-refractivity contribution in [1.29, 1.82) is 0 Å². The molecule has 2 aromatic rings. The van der Waals surface area contributed by atoms with E-state index in [1.807, 2.05) is 30.3 Å². The topological polar surface area (TPSA) is 58.9 Å². The van der Waals surface area contributed by atoms with Crippen molar-refractivity contribution in [1.82, 2.24) is 0 Å². The summed E-state index contributed by atoms with van der Waals surface area (Å²) in [6.07, 6.45) is 0.416. The third-order valence-electron chi connectivity index (χ3n) is 3.88. The number of ether oxygens (including phenoxy) is 1. The van der Waals surface area contributed by atoms with E-state index in [9.17, 15) is 9.90 Å². The standard InChI is InChI=1S/C21H25NO3/c1-21(2,3)19(16-8-6-5-7-9-16)22-18(20(24)25-4)14-15-10-12-17(23)13-11-15/h5-13,18,23H,14H2,1-4H3/t18-/m0/s1. The number of hydrogen-bond acceptors (Lipinski definition) is 4. The molecule has 0 saturated carbocycles. The minimum atomic E-state index is -0.635. The highest BCUT2D eigenvalue weighted by Crippen LogP contribution is 2.24. The van der Waals surface area contributed by atoms with Crippen molar-refractivity contribution in [3.63, 3.8) is 0 Å². The second kappa shape index (κ2) is 7.97. The zero-order valence-corrected chi connectivity index (χ0v) is 15.2. The first kappa shape index (κ1) is 18.7. The lowest BCUT2D eigenvalue weighted by Crippen LogP contribution is -2.29. The van der Waals surface area contributed by atoms with E-state index in [0.717, 1.165) is 16.8 Å². The number of carbonyl (C=O) groups excluding carboxylic acids is 1.